The maximum Gasteiger partial charge on any atom is 0.123 e. The molecule has 1 heterocycles. The van der Waals surface area contributed by atoms with E-state index < -0.39 is 0 Å². The van der Waals surface area contributed by atoms with E-state index in [-0.39, 0.29) is 11.1 Å². The first-order valence-electron chi connectivity index (χ1n) is 7.47. The minimum atomic E-state index is -0.156. The summed E-state index contributed by atoms with van der Waals surface area (Å²) in [4.78, 5) is 1.34. The first-order chi connectivity index (χ1) is 10.2. The van der Waals surface area contributed by atoms with Gasteiger partial charge in [0.15, 0.2) is 0 Å². The largest absolute Gasteiger partial charge is 0.316 e. The van der Waals surface area contributed by atoms with Gasteiger partial charge in [-0.3, -0.25) is 0 Å². The molecule has 0 radical (unpaired) electrons. The third kappa shape index (κ3) is 3.47. The average molecular weight is 301 g/mol. The van der Waals surface area contributed by atoms with Gasteiger partial charge < -0.3 is 5.32 Å². The third-order valence-electron chi connectivity index (χ3n) is 3.97. The van der Waals surface area contributed by atoms with Crippen LogP contribution < -0.4 is 5.32 Å². The van der Waals surface area contributed by atoms with E-state index in [2.05, 4.69) is 30.4 Å². The molecule has 1 aliphatic heterocycles. The summed E-state index contributed by atoms with van der Waals surface area (Å²) in [6, 6.07) is 13.5. The highest BCUT2D eigenvalue weighted by molar-refractivity contribution is 7.99. The van der Waals surface area contributed by atoms with Crippen molar-refractivity contribution in [2.45, 2.75) is 29.9 Å². The first kappa shape index (κ1) is 14.6. The monoisotopic (exact) mass is 301 g/mol. The van der Waals surface area contributed by atoms with Crippen LogP contribution in [-0.4, -0.2) is 13.1 Å². The maximum absolute atomic E-state index is 13.4. The van der Waals surface area contributed by atoms with Crippen molar-refractivity contribution in [1.29, 1.82) is 0 Å². The fourth-order valence-corrected chi connectivity index (χ4v) is 4.02. The van der Waals surface area contributed by atoms with Crippen molar-refractivity contribution >= 4 is 11.8 Å². The van der Waals surface area contributed by atoms with Crippen LogP contribution in [0.4, 0.5) is 4.39 Å². The number of hydrogen-bond donors (Lipinski definition) is 1. The maximum atomic E-state index is 13.4. The van der Waals surface area contributed by atoms with E-state index >= 15 is 0 Å². The molecule has 1 unspecified atom stereocenters. The van der Waals surface area contributed by atoms with Crippen molar-refractivity contribution in [3.05, 3.63) is 65.0 Å². The van der Waals surface area contributed by atoms with Gasteiger partial charge >= 0.3 is 0 Å². The molecule has 110 valence electrons. The molecule has 0 bridgehead atoms. The molecule has 0 fully saturated rings. The lowest BCUT2D eigenvalue weighted by Gasteiger charge is -2.16. The highest BCUT2D eigenvalue weighted by Gasteiger charge is 2.15. The fraction of sp³-hybridized carbons (Fsp3) is 0.333. The standard InChI is InChI=1S/C18H20FNS/c1-13(15-5-2-6-16(19)12-15)21-18-7-3-4-14-8-10-20-11-9-17(14)18/h2-7,12-13,20H,8-11H2,1H3. The predicted octanol–water partition coefficient (Wildman–Crippen LogP) is 4.37. The minimum absolute atomic E-state index is 0.156. The Morgan fingerprint density at radius 3 is 2.76 bits per heavy atom. The Morgan fingerprint density at radius 2 is 1.90 bits per heavy atom. The zero-order valence-corrected chi connectivity index (χ0v) is 13.0. The molecule has 1 N–H and O–H groups in total. The number of thioether (sulfide) groups is 1. The normalized spacial score (nSPS) is 16.1. The van der Waals surface area contributed by atoms with Gasteiger partial charge in [-0.15, -0.1) is 11.8 Å². The van der Waals surface area contributed by atoms with Crippen LogP contribution in [0.2, 0.25) is 0 Å². The number of halogens is 1. The third-order valence-corrected chi connectivity index (χ3v) is 5.24. The molecule has 1 aliphatic rings. The van der Waals surface area contributed by atoms with Crippen LogP contribution in [0.25, 0.3) is 0 Å². The number of benzene rings is 2. The van der Waals surface area contributed by atoms with Crippen molar-refractivity contribution in [2.75, 3.05) is 13.1 Å². The van der Waals surface area contributed by atoms with Gasteiger partial charge in [-0.25, -0.2) is 4.39 Å². The predicted molar refractivity (Wildman–Crippen MR) is 87.4 cm³/mol. The smallest absolute Gasteiger partial charge is 0.123 e. The number of fused-ring (bicyclic) bond motifs is 1. The molecule has 0 aromatic heterocycles. The van der Waals surface area contributed by atoms with Crippen molar-refractivity contribution in [3.8, 4) is 0 Å². The lowest BCUT2D eigenvalue weighted by Crippen LogP contribution is -2.16. The Kier molecular flexibility index (Phi) is 4.61. The van der Waals surface area contributed by atoms with Gasteiger partial charge in [0.2, 0.25) is 0 Å². The molecule has 2 aromatic rings. The molecular formula is C18H20FNS. The van der Waals surface area contributed by atoms with Gasteiger partial charge in [-0.05, 0) is 67.7 Å². The summed E-state index contributed by atoms with van der Waals surface area (Å²) in [5, 5.41) is 3.71. The zero-order chi connectivity index (χ0) is 14.7. The summed E-state index contributed by atoms with van der Waals surface area (Å²) < 4.78 is 13.4. The quantitative estimate of drug-likeness (QED) is 0.845. The van der Waals surface area contributed by atoms with Gasteiger partial charge in [-0.1, -0.05) is 24.3 Å². The summed E-state index contributed by atoms with van der Waals surface area (Å²) in [5.74, 6) is -0.156. The van der Waals surface area contributed by atoms with Gasteiger partial charge in [0.05, 0.1) is 0 Å². The van der Waals surface area contributed by atoms with Crippen LogP contribution >= 0.6 is 11.8 Å². The zero-order valence-electron chi connectivity index (χ0n) is 12.2. The molecule has 0 amide bonds. The van der Waals surface area contributed by atoms with E-state index in [9.17, 15) is 4.39 Å². The Balaban J connectivity index is 1.84. The van der Waals surface area contributed by atoms with E-state index in [1.54, 1.807) is 12.1 Å². The molecule has 0 aliphatic carbocycles. The lowest BCUT2D eigenvalue weighted by atomic mass is 10.0. The Morgan fingerprint density at radius 1 is 1.10 bits per heavy atom. The van der Waals surface area contributed by atoms with Gasteiger partial charge in [0.1, 0.15) is 5.82 Å². The van der Waals surface area contributed by atoms with E-state index in [0.29, 0.717) is 0 Å². The van der Waals surface area contributed by atoms with Crippen LogP contribution in [0.3, 0.4) is 0 Å². The second-order valence-electron chi connectivity index (χ2n) is 5.46. The highest BCUT2D eigenvalue weighted by Crippen LogP contribution is 2.38. The number of hydrogen-bond acceptors (Lipinski definition) is 2. The summed E-state index contributed by atoms with van der Waals surface area (Å²) in [5.41, 5.74) is 3.97. The molecule has 2 aromatic carbocycles. The SMILES string of the molecule is CC(Sc1cccc2c1CCNCC2)c1cccc(F)c1. The van der Waals surface area contributed by atoms with Crippen LogP contribution in [0.15, 0.2) is 47.4 Å². The molecule has 0 spiro atoms. The van der Waals surface area contributed by atoms with Crippen molar-refractivity contribution in [3.63, 3.8) is 0 Å². The topological polar surface area (TPSA) is 12.0 Å². The van der Waals surface area contributed by atoms with E-state index in [0.717, 1.165) is 31.5 Å². The average Bonchev–Trinajstić information content (AvgIpc) is 2.73. The van der Waals surface area contributed by atoms with Crippen molar-refractivity contribution in [1.82, 2.24) is 5.32 Å². The molecule has 3 heteroatoms. The first-order valence-corrected chi connectivity index (χ1v) is 8.35. The fourth-order valence-electron chi connectivity index (χ4n) is 2.82. The molecule has 1 nitrogen and oxygen atoms in total. The number of rotatable bonds is 3. The number of nitrogens with one attached hydrogen (secondary N) is 1. The Labute approximate surface area is 130 Å². The van der Waals surface area contributed by atoms with Crippen molar-refractivity contribution in [2.24, 2.45) is 0 Å². The van der Waals surface area contributed by atoms with Gasteiger partial charge in [-0.2, -0.15) is 0 Å². The van der Waals surface area contributed by atoms with Crippen LogP contribution in [0, 0.1) is 5.82 Å². The van der Waals surface area contributed by atoms with Crippen LogP contribution in [0.1, 0.15) is 28.9 Å². The second kappa shape index (κ2) is 6.63. The van der Waals surface area contributed by atoms with E-state index in [1.165, 1.54) is 22.1 Å². The molecular weight excluding hydrogens is 281 g/mol. The molecule has 0 saturated carbocycles. The summed E-state index contributed by atoms with van der Waals surface area (Å²) >= 11 is 1.83. The van der Waals surface area contributed by atoms with Crippen LogP contribution in [-0.2, 0) is 12.8 Å². The highest BCUT2D eigenvalue weighted by atomic mass is 32.2. The second-order valence-corrected chi connectivity index (χ2v) is 6.84. The van der Waals surface area contributed by atoms with Gasteiger partial charge in [0.25, 0.3) is 0 Å². The lowest BCUT2D eigenvalue weighted by molar-refractivity contribution is 0.625. The molecule has 3 rings (SSSR count). The van der Waals surface area contributed by atoms with E-state index in [1.807, 2.05) is 17.8 Å². The Hall–Kier alpha value is -1.32. The van der Waals surface area contributed by atoms with Gasteiger partial charge in [0, 0.05) is 10.1 Å². The summed E-state index contributed by atoms with van der Waals surface area (Å²) in [7, 11) is 0. The summed E-state index contributed by atoms with van der Waals surface area (Å²) in [6.45, 7) is 4.24. The molecule has 21 heavy (non-hydrogen) atoms. The molecule has 1 atom stereocenters. The van der Waals surface area contributed by atoms with Crippen LogP contribution in [0.5, 0.6) is 0 Å². The van der Waals surface area contributed by atoms with E-state index in [4.69, 9.17) is 0 Å². The minimum Gasteiger partial charge on any atom is -0.316 e. The Bertz CT molecular complexity index is 626. The van der Waals surface area contributed by atoms with Crippen molar-refractivity contribution < 1.29 is 4.39 Å². The summed E-state index contributed by atoms with van der Waals surface area (Å²) in [6.07, 6.45) is 2.17. The molecule has 0 saturated heterocycles.